The van der Waals surface area contributed by atoms with E-state index >= 15 is 0 Å². The van der Waals surface area contributed by atoms with Crippen LogP contribution in [0.25, 0.3) is 0 Å². The van der Waals surface area contributed by atoms with E-state index < -0.39 is 0 Å². The van der Waals surface area contributed by atoms with Crippen LogP contribution >= 0.6 is 0 Å². The quantitative estimate of drug-likeness (QED) is 0.831. The van der Waals surface area contributed by atoms with Crippen LogP contribution in [0.15, 0.2) is 42.5 Å². The Balaban J connectivity index is 2.08. The van der Waals surface area contributed by atoms with Crippen LogP contribution in [0.2, 0.25) is 0 Å². The Hall–Kier alpha value is -2.62. The van der Waals surface area contributed by atoms with Gasteiger partial charge in [-0.05, 0) is 44.5 Å². The first-order valence-corrected chi connectivity index (χ1v) is 6.72. The first kappa shape index (κ1) is 14.8. The molecule has 2 amide bonds. The summed E-state index contributed by atoms with van der Waals surface area (Å²) in [6.45, 7) is 5.44. The number of benzene rings is 2. The molecule has 0 atom stereocenters. The SMILES string of the molecule is CC(=O)c1cccc(NC(=O)Nc2ccc(C)cc2C)c1. The highest BCUT2D eigenvalue weighted by Gasteiger charge is 2.06. The molecule has 4 nitrogen and oxygen atoms in total. The zero-order valence-electron chi connectivity index (χ0n) is 12.4. The highest BCUT2D eigenvalue weighted by atomic mass is 16.2. The molecule has 0 aliphatic rings. The Morgan fingerprint density at radius 1 is 0.952 bits per heavy atom. The summed E-state index contributed by atoms with van der Waals surface area (Å²) in [5.41, 5.74) is 4.07. The number of hydrogen-bond acceptors (Lipinski definition) is 2. The molecule has 2 aromatic carbocycles. The Bertz CT molecular complexity index is 693. The molecule has 4 heteroatoms. The molecule has 0 aliphatic carbocycles. The second-order valence-corrected chi connectivity index (χ2v) is 5.03. The van der Waals surface area contributed by atoms with Crippen molar-refractivity contribution < 1.29 is 9.59 Å². The van der Waals surface area contributed by atoms with E-state index in [9.17, 15) is 9.59 Å². The highest BCUT2D eigenvalue weighted by Crippen LogP contribution is 2.17. The molecule has 0 unspecified atom stereocenters. The maximum atomic E-state index is 12.0. The molecule has 0 fully saturated rings. The number of amides is 2. The molecule has 0 heterocycles. The summed E-state index contributed by atoms with van der Waals surface area (Å²) >= 11 is 0. The van der Waals surface area contributed by atoms with Crippen LogP contribution in [0.4, 0.5) is 16.2 Å². The normalized spacial score (nSPS) is 10.0. The first-order chi connectivity index (χ1) is 9.95. The summed E-state index contributed by atoms with van der Waals surface area (Å²) in [7, 11) is 0. The Morgan fingerprint density at radius 3 is 2.38 bits per heavy atom. The third-order valence-corrected chi connectivity index (χ3v) is 3.16. The molecular formula is C17H18N2O2. The number of nitrogens with one attached hydrogen (secondary N) is 2. The minimum Gasteiger partial charge on any atom is -0.308 e. The van der Waals surface area contributed by atoms with Gasteiger partial charge in [0.05, 0.1) is 0 Å². The fraction of sp³-hybridized carbons (Fsp3) is 0.176. The zero-order valence-corrected chi connectivity index (χ0v) is 12.4. The monoisotopic (exact) mass is 282 g/mol. The molecule has 0 aromatic heterocycles. The molecule has 0 saturated carbocycles. The number of Topliss-reactive ketones (excluding diaryl/α,β-unsaturated/α-hetero) is 1. The number of urea groups is 1. The van der Waals surface area contributed by atoms with Crippen molar-refractivity contribution in [2.24, 2.45) is 0 Å². The predicted molar refractivity (Wildman–Crippen MR) is 85.0 cm³/mol. The lowest BCUT2D eigenvalue weighted by atomic mass is 10.1. The van der Waals surface area contributed by atoms with Gasteiger partial charge in [-0.15, -0.1) is 0 Å². The van der Waals surface area contributed by atoms with Gasteiger partial charge in [-0.2, -0.15) is 0 Å². The van der Waals surface area contributed by atoms with Crippen molar-refractivity contribution in [1.82, 2.24) is 0 Å². The van der Waals surface area contributed by atoms with E-state index in [2.05, 4.69) is 10.6 Å². The molecule has 108 valence electrons. The minimum atomic E-state index is -0.331. The van der Waals surface area contributed by atoms with Gasteiger partial charge in [-0.1, -0.05) is 29.8 Å². The highest BCUT2D eigenvalue weighted by molar-refractivity contribution is 6.01. The van der Waals surface area contributed by atoms with Crippen molar-refractivity contribution in [2.45, 2.75) is 20.8 Å². The van der Waals surface area contributed by atoms with Gasteiger partial charge in [0.15, 0.2) is 5.78 Å². The van der Waals surface area contributed by atoms with Gasteiger partial charge >= 0.3 is 6.03 Å². The number of ketones is 1. The Morgan fingerprint density at radius 2 is 1.71 bits per heavy atom. The van der Waals surface area contributed by atoms with Crippen molar-refractivity contribution >= 4 is 23.2 Å². The summed E-state index contributed by atoms with van der Waals surface area (Å²) in [6, 6.07) is 12.3. The van der Waals surface area contributed by atoms with Crippen LogP contribution in [-0.2, 0) is 0 Å². The van der Waals surface area contributed by atoms with E-state index in [1.165, 1.54) is 6.92 Å². The third-order valence-electron chi connectivity index (χ3n) is 3.16. The fourth-order valence-electron chi connectivity index (χ4n) is 2.05. The smallest absolute Gasteiger partial charge is 0.308 e. The summed E-state index contributed by atoms with van der Waals surface area (Å²) in [5, 5.41) is 5.52. The first-order valence-electron chi connectivity index (χ1n) is 6.72. The lowest BCUT2D eigenvalue weighted by molar-refractivity contribution is 0.101. The average Bonchev–Trinajstić information content (AvgIpc) is 2.42. The number of carbonyl (C=O) groups excluding carboxylic acids is 2. The van der Waals surface area contributed by atoms with Crippen LogP contribution in [0.1, 0.15) is 28.4 Å². The molecule has 21 heavy (non-hydrogen) atoms. The lowest BCUT2D eigenvalue weighted by Crippen LogP contribution is -2.20. The largest absolute Gasteiger partial charge is 0.323 e. The van der Waals surface area contributed by atoms with Crippen molar-refractivity contribution in [1.29, 1.82) is 0 Å². The van der Waals surface area contributed by atoms with Crippen molar-refractivity contribution in [2.75, 3.05) is 10.6 Å². The second-order valence-electron chi connectivity index (χ2n) is 5.03. The maximum absolute atomic E-state index is 12.0. The molecule has 0 saturated heterocycles. The molecule has 0 spiro atoms. The van der Waals surface area contributed by atoms with Gasteiger partial charge in [0, 0.05) is 16.9 Å². The number of carbonyl (C=O) groups is 2. The molecule has 2 aromatic rings. The molecular weight excluding hydrogens is 264 g/mol. The minimum absolute atomic E-state index is 0.0339. The second kappa shape index (κ2) is 6.22. The number of anilines is 2. The Kier molecular flexibility index (Phi) is 4.38. The summed E-state index contributed by atoms with van der Waals surface area (Å²) in [4.78, 5) is 23.3. The standard InChI is InChI=1S/C17H18N2O2/c1-11-7-8-16(12(2)9-11)19-17(21)18-15-6-4-5-14(10-15)13(3)20/h4-10H,1-3H3,(H2,18,19,21). The van der Waals surface area contributed by atoms with Crippen LogP contribution in [0.5, 0.6) is 0 Å². The van der Waals surface area contributed by atoms with Crippen LogP contribution in [0.3, 0.4) is 0 Å². The van der Waals surface area contributed by atoms with Crippen LogP contribution in [0, 0.1) is 13.8 Å². The van der Waals surface area contributed by atoms with E-state index in [0.717, 1.165) is 16.8 Å². The number of hydrogen-bond donors (Lipinski definition) is 2. The lowest BCUT2D eigenvalue weighted by Gasteiger charge is -2.11. The van der Waals surface area contributed by atoms with E-state index in [1.54, 1.807) is 24.3 Å². The number of rotatable bonds is 3. The number of aryl methyl sites for hydroxylation is 2. The molecule has 2 N–H and O–H groups in total. The van der Waals surface area contributed by atoms with E-state index in [-0.39, 0.29) is 11.8 Å². The molecule has 0 radical (unpaired) electrons. The average molecular weight is 282 g/mol. The molecule has 0 aliphatic heterocycles. The van der Waals surface area contributed by atoms with Crippen LogP contribution in [-0.4, -0.2) is 11.8 Å². The maximum Gasteiger partial charge on any atom is 0.323 e. The van der Waals surface area contributed by atoms with Gasteiger partial charge < -0.3 is 10.6 Å². The summed E-state index contributed by atoms with van der Waals surface area (Å²) in [5.74, 6) is -0.0339. The van der Waals surface area contributed by atoms with Crippen molar-refractivity contribution in [3.8, 4) is 0 Å². The fourth-order valence-corrected chi connectivity index (χ4v) is 2.05. The molecule has 2 rings (SSSR count). The van der Waals surface area contributed by atoms with E-state index in [4.69, 9.17) is 0 Å². The summed E-state index contributed by atoms with van der Waals surface area (Å²) in [6.07, 6.45) is 0. The Labute approximate surface area is 124 Å². The van der Waals surface area contributed by atoms with Crippen LogP contribution < -0.4 is 10.6 Å². The van der Waals surface area contributed by atoms with E-state index in [0.29, 0.717) is 11.3 Å². The van der Waals surface area contributed by atoms with Gasteiger partial charge in [-0.3, -0.25) is 4.79 Å². The van der Waals surface area contributed by atoms with Gasteiger partial charge in [0.25, 0.3) is 0 Å². The predicted octanol–water partition coefficient (Wildman–Crippen LogP) is 4.15. The van der Waals surface area contributed by atoms with E-state index in [1.807, 2.05) is 32.0 Å². The topological polar surface area (TPSA) is 58.2 Å². The summed E-state index contributed by atoms with van der Waals surface area (Å²) < 4.78 is 0. The third kappa shape index (κ3) is 3.92. The van der Waals surface area contributed by atoms with Gasteiger partial charge in [-0.25, -0.2) is 4.79 Å². The van der Waals surface area contributed by atoms with Crippen molar-refractivity contribution in [3.63, 3.8) is 0 Å². The van der Waals surface area contributed by atoms with Crippen molar-refractivity contribution in [3.05, 3.63) is 59.2 Å². The molecule has 0 bridgehead atoms. The zero-order chi connectivity index (χ0) is 15.4. The van der Waals surface area contributed by atoms with Gasteiger partial charge in [0.2, 0.25) is 0 Å². The van der Waals surface area contributed by atoms with Gasteiger partial charge in [0.1, 0.15) is 0 Å².